The van der Waals surface area contributed by atoms with Crippen molar-refractivity contribution in [1.29, 1.82) is 0 Å². The molecule has 1 aliphatic rings. The van der Waals surface area contributed by atoms with Gasteiger partial charge < -0.3 is 14.8 Å². The molecule has 2 aromatic carbocycles. The predicted molar refractivity (Wildman–Crippen MR) is 95.7 cm³/mol. The topological polar surface area (TPSA) is 61.2 Å². The lowest BCUT2D eigenvalue weighted by atomic mass is 10.0. The molecule has 0 aliphatic carbocycles. The molecule has 0 radical (unpaired) electrons. The van der Waals surface area contributed by atoms with Crippen molar-refractivity contribution in [3.8, 4) is 11.5 Å². The Bertz CT molecular complexity index is 918. The van der Waals surface area contributed by atoms with Gasteiger partial charge in [-0.05, 0) is 29.8 Å². The fourth-order valence-electron chi connectivity index (χ4n) is 3.00. The summed E-state index contributed by atoms with van der Waals surface area (Å²) in [5, 5.41) is 7.70. The van der Waals surface area contributed by atoms with Crippen molar-refractivity contribution in [3.05, 3.63) is 72.1 Å². The molecule has 3 aromatic rings. The Labute approximate surface area is 145 Å². The van der Waals surface area contributed by atoms with Crippen LogP contribution in [0.1, 0.15) is 17.2 Å². The molecule has 1 aromatic heterocycles. The van der Waals surface area contributed by atoms with E-state index in [-0.39, 0.29) is 6.04 Å². The predicted octanol–water partition coefficient (Wildman–Crippen LogP) is 3.35. The average molecular weight is 334 g/mol. The third-order valence-corrected chi connectivity index (χ3v) is 4.25. The van der Waals surface area contributed by atoms with E-state index in [9.17, 15) is 0 Å². The zero-order chi connectivity index (χ0) is 17.2. The van der Waals surface area contributed by atoms with E-state index in [0.717, 1.165) is 28.3 Å². The number of aromatic nitrogens is 3. The van der Waals surface area contributed by atoms with Crippen molar-refractivity contribution in [3.63, 3.8) is 0 Å². The van der Waals surface area contributed by atoms with Crippen LogP contribution in [0.5, 0.6) is 11.5 Å². The van der Waals surface area contributed by atoms with Gasteiger partial charge in [0.25, 0.3) is 0 Å². The quantitative estimate of drug-likeness (QED) is 0.793. The van der Waals surface area contributed by atoms with E-state index in [2.05, 4.69) is 33.6 Å². The number of fused-ring (bicyclic) bond motifs is 1. The fraction of sp³-hybridized carbons (Fsp3) is 0.158. The van der Waals surface area contributed by atoms with Crippen LogP contribution in [-0.4, -0.2) is 29.0 Å². The Kier molecular flexibility index (Phi) is 3.85. The summed E-state index contributed by atoms with van der Waals surface area (Å²) in [4.78, 5) is 4.33. The van der Waals surface area contributed by atoms with Gasteiger partial charge in [0.1, 0.15) is 23.9 Å². The monoisotopic (exact) mass is 334 g/mol. The van der Waals surface area contributed by atoms with Crippen LogP contribution in [0.15, 0.2) is 60.9 Å². The first-order chi connectivity index (χ1) is 12.3. The molecule has 0 saturated heterocycles. The Morgan fingerprint density at radius 1 is 1.04 bits per heavy atom. The molecule has 0 spiro atoms. The molecule has 0 unspecified atom stereocenters. The van der Waals surface area contributed by atoms with E-state index >= 15 is 0 Å². The van der Waals surface area contributed by atoms with E-state index in [4.69, 9.17) is 9.47 Å². The number of hydrogen-bond donors (Lipinski definition) is 1. The highest BCUT2D eigenvalue weighted by molar-refractivity contribution is 5.80. The van der Waals surface area contributed by atoms with Crippen LogP contribution < -0.4 is 14.8 Å². The maximum Gasteiger partial charge on any atom is 0.226 e. The number of ether oxygens (including phenoxy) is 2. The van der Waals surface area contributed by atoms with Gasteiger partial charge in [0.15, 0.2) is 0 Å². The minimum Gasteiger partial charge on any atom is -0.497 e. The van der Waals surface area contributed by atoms with Crippen LogP contribution in [-0.2, 0) is 0 Å². The maximum atomic E-state index is 5.53. The van der Waals surface area contributed by atoms with E-state index in [1.54, 1.807) is 20.5 Å². The standard InChI is InChI=1S/C19H18N4O2/c1-24-14-8-9-18(25-2)15(10-14)16-11-17(13-6-4-3-5-7-13)23-19(22-16)20-12-21-23/h3-12,17H,1-2H3,(H,20,21,22)/t17-/m0/s1. The average Bonchev–Trinajstić information content (AvgIpc) is 3.16. The summed E-state index contributed by atoms with van der Waals surface area (Å²) in [5.74, 6) is 2.22. The number of benzene rings is 2. The Morgan fingerprint density at radius 2 is 1.88 bits per heavy atom. The molecule has 0 saturated carbocycles. The van der Waals surface area contributed by atoms with Crippen LogP contribution in [0.4, 0.5) is 5.95 Å². The lowest BCUT2D eigenvalue weighted by Gasteiger charge is -2.25. The highest BCUT2D eigenvalue weighted by Gasteiger charge is 2.24. The van der Waals surface area contributed by atoms with Crippen LogP contribution in [0, 0.1) is 0 Å². The van der Waals surface area contributed by atoms with E-state index in [1.165, 1.54) is 0 Å². The van der Waals surface area contributed by atoms with Gasteiger partial charge in [0.2, 0.25) is 5.95 Å². The largest absolute Gasteiger partial charge is 0.497 e. The number of rotatable bonds is 4. The zero-order valence-electron chi connectivity index (χ0n) is 14.0. The lowest BCUT2D eigenvalue weighted by Crippen LogP contribution is -2.20. The van der Waals surface area contributed by atoms with Crippen molar-refractivity contribution < 1.29 is 9.47 Å². The minimum atomic E-state index is -0.0501. The SMILES string of the molecule is COc1ccc(OC)c(C2=C[C@@H](c3ccccc3)n3ncnc3N2)c1. The molecule has 4 rings (SSSR count). The number of nitrogens with zero attached hydrogens (tertiary/aromatic N) is 3. The van der Waals surface area contributed by atoms with Gasteiger partial charge in [-0.1, -0.05) is 30.3 Å². The molecule has 1 aliphatic heterocycles. The number of nitrogens with one attached hydrogen (secondary N) is 1. The first kappa shape index (κ1) is 15.3. The molecule has 2 heterocycles. The second-order valence-corrected chi connectivity index (χ2v) is 5.66. The first-order valence-corrected chi connectivity index (χ1v) is 7.96. The molecule has 1 N–H and O–H groups in total. The van der Waals surface area contributed by atoms with E-state index in [1.807, 2.05) is 41.1 Å². The van der Waals surface area contributed by atoms with Crippen LogP contribution in [0.2, 0.25) is 0 Å². The van der Waals surface area contributed by atoms with Crippen LogP contribution in [0.25, 0.3) is 5.70 Å². The van der Waals surface area contributed by atoms with Gasteiger partial charge in [-0.25, -0.2) is 4.68 Å². The summed E-state index contributed by atoms with van der Waals surface area (Å²) >= 11 is 0. The molecule has 126 valence electrons. The summed E-state index contributed by atoms with van der Waals surface area (Å²) < 4.78 is 12.8. The lowest BCUT2D eigenvalue weighted by molar-refractivity contribution is 0.402. The summed E-state index contributed by atoms with van der Waals surface area (Å²) in [5.41, 5.74) is 2.96. The zero-order valence-corrected chi connectivity index (χ0v) is 14.0. The molecule has 0 amide bonds. The van der Waals surface area contributed by atoms with Crippen molar-refractivity contribution >= 4 is 11.6 Å². The van der Waals surface area contributed by atoms with Crippen molar-refractivity contribution in [1.82, 2.24) is 14.8 Å². The Morgan fingerprint density at radius 3 is 2.64 bits per heavy atom. The first-order valence-electron chi connectivity index (χ1n) is 7.96. The van der Waals surface area contributed by atoms with Crippen LogP contribution in [0.3, 0.4) is 0 Å². The second-order valence-electron chi connectivity index (χ2n) is 5.66. The normalized spacial score (nSPS) is 15.8. The van der Waals surface area contributed by atoms with Crippen LogP contribution >= 0.6 is 0 Å². The van der Waals surface area contributed by atoms with Crippen molar-refractivity contribution in [2.45, 2.75) is 6.04 Å². The number of anilines is 1. The molecule has 6 heteroatoms. The highest BCUT2D eigenvalue weighted by Crippen LogP contribution is 2.36. The number of allylic oxidation sites excluding steroid dienone is 1. The minimum absolute atomic E-state index is 0.0501. The number of methoxy groups -OCH3 is 2. The Hall–Kier alpha value is -3.28. The van der Waals surface area contributed by atoms with Gasteiger partial charge in [0.05, 0.1) is 19.9 Å². The molecule has 25 heavy (non-hydrogen) atoms. The van der Waals surface area contributed by atoms with Gasteiger partial charge in [0, 0.05) is 5.56 Å². The van der Waals surface area contributed by atoms with Gasteiger partial charge in [-0.15, -0.1) is 0 Å². The highest BCUT2D eigenvalue weighted by atomic mass is 16.5. The summed E-state index contributed by atoms with van der Waals surface area (Å²) in [6, 6.07) is 15.9. The van der Waals surface area contributed by atoms with Gasteiger partial charge >= 0.3 is 0 Å². The molecule has 1 atom stereocenters. The van der Waals surface area contributed by atoms with Gasteiger partial charge in [-0.3, -0.25) is 0 Å². The molecule has 6 nitrogen and oxygen atoms in total. The molecular formula is C19H18N4O2. The Balaban J connectivity index is 1.84. The summed E-state index contributed by atoms with van der Waals surface area (Å²) in [7, 11) is 3.31. The van der Waals surface area contributed by atoms with E-state index in [0.29, 0.717) is 5.95 Å². The summed E-state index contributed by atoms with van der Waals surface area (Å²) in [6.07, 6.45) is 3.67. The van der Waals surface area contributed by atoms with Crippen molar-refractivity contribution in [2.24, 2.45) is 0 Å². The third kappa shape index (κ3) is 2.71. The van der Waals surface area contributed by atoms with Gasteiger partial charge in [-0.2, -0.15) is 10.1 Å². The summed E-state index contributed by atoms with van der Waals surface area (Å²) in [6.45, 7) is 0. The smallest absolute Gasteiger partial charge is 0.226 e. The van der Waals surface area contributed by atoms with E-state index < -0.39 is 0 Å². The third-order valence-electron chi connectivity index (χ3n) is 4.25. The second kappa shape index (κ2) is 6.32. The molecular weight excluding hydrogens is 316 g/mol. The molecule has 0 bridgehead atoms. The molecule has 0 fully saturated rings. The maximum absolute atomic E-state index is 5.53. The van der Waals surface area contributed by atoms with Crippen molar-refractivity contribution in [2.75, 3.05) is 19.5 Å². The number of hydrogen-bond acceptors (Lipinski definition) is 5. The fourth-order valence-corrected chi connectivity index (χ4v) is 3.00.